The molecule has 0 aliphatic carbocycles. The number of amides is 1. The molecular formula is C18H19N3O2S. The zero-order chi connectivity index (χ0) is 16.9. The minimum Gasteiger partial charge on any atom is -0.492 e. The van der Waals surface area contributed by atoms with Crippen molar-refractivity contribution < 1.29 is 9.53 Å². The number of benzene rings is 2. The third-order valence-corrected chi connectivity index (χ3v) is 4.45. The third kappa shape index (κ3) is 3.71. The molecule has 0 aliphatic heterocycles. The van der Waals surface area contributed by atoms with Crippen LogP contribution in [0.15, 0.2) is 53.7 Å². The van der Waals surface area contributed by atoms with Crippen LogP contribution in [0.3, 0.4) is 0 Å². The van der Waals surface area contributed by atoms with Gasteiger partial charge in [0.05, 0.1) is 28.6 Å². The molecule has 1 heterocycles. The third-order valence-electron chi connectivity index (χ3n) is 3.47. The highest BCUT2D eigenvalue weighted by Crippen LogP contribution is 2.27. The summed E-state index contributed by atoms with van der Waals surface area (Å²) >= 11 is 1.40. The molecule has 0 bridgehead atoms. The smallest absolute Gasteiger partial charge is 0.237 e. The Morgan fingerprint density at radius 3 is 2.79 bits per heavy atom. The Balaban J connectivity index is 1.68. The molecule has 6 heteroatoms. The van der Waals surface area contributed by atoms with Crippen molar-refractivity contribution in [3.8, 4) is 5.75 Å². The van der Waals surface area contributed by atoms with Crippen LogP contribution < -0.4 is 10.1 Å². The van der Waals surface area contributed by atoms with E-state index in [1.54, 1.807) is 0 Å². The van der Waals surface area contributed by atoms with Crippen LogP contribution in [-0.2, 0) is 4.79 Å². The quantitative estimate of drug-likeness (QED) is 0.663. The second-order valence-corrected chi connectivity index (χ2v) is 6.57. The van der Waals surface area contributed by atoms with E-state index in [-0.39, 0.29) is 11.2 Å². The SMILES string of the molecule is CCOc1ccccc1NC(=O)[C@H](C)Sc1nc2ccccc2[nH]1. The van der Waals surface area contributed by atoms with E-state index < -0.39 is 0 Å². The number of fused-ring (bicyclic) bond motifs is 1. The van der Waals surface area contributed by atoms with Crippen molar-refractivity contribution in [1.82, 2.24) is 9.97 Å². The maximum Gasteiger partial charge on any atom is 0.237 e. The first-order valence-corrected chi connectivity index (χ1v) is 8.69. The topological polar surface area (TPSA) is 67.0 Å². The van der Waals surface area contributed by atoms with Gasteiger partial charge in [0.15, 0.2) is 5.16 Å². The molecule has 1 aromatic heterocycles. The molecule has 3 rings (SSSR count). The van der Waals surface area contributed by atoms with Crippen molar-refractivity contribution in [2.24, 2.45) is 0 Å². The van der Waals surface area contributed by atoms with Gasteiger partial charge in [-0.3, -0.25) is 4.79 Å². The van der Waals surface area contributed by atoms with Gasteiger partial charge in [0.2, 0.25) is 5.91 Å². The first-order chi connectivity index (χ1) is 11.7. The molecule has 0 unspecified atom stereocenters. The number of ether oxygens (including phenoxy) is 1. The average Bonchev–Trinajstić information content (AvgIpc) is 2.99. The summed E-state index contributed by atoms with van der Waals surface area (Å²) in [6.07, 6.45) is 0. The van der Waals surface area contributed by atoms with Gasteiger partial charge in [0.1, 0.15) is 5.75 Å². The lowest BCUT2D eigenvalue weighted by Crippen LogP contribution is -2.22. The fourth-order valence-electron chi connectivity index (χ4n) is 2.29. The lowest BCUT2D eigenvalue weighted by Gasteiger charge is -2.14. The molecule has 0 aliphatic rings. The highest BCUT2D eigenvalue weighted by Gasteiger charge is 2.18. The van der Waals surface area contributed by atoms with Crippen molar-refractivity contribution in [3.05, 3.63) is 48.5 Å². The minimum atomic E-state index is -0.291. The van der Waals surface area contributed by atoms with Crippen molar-refractivity contribution in [1.29, 1.82) is 0 Å². The predicted octanol–water partition coefficient (Wildman–Crippen LogP) is 4.08. The summed E-state index contributed by atoms with van der Waals surface area (Å²) in [4.78, 5) is 20.2. The molecule has 3 aromatic rings. The first-order valence-electron chi connectivity index (χ1n) is 7.81. The number of imidazole rings is 1. The Labute approximate surface area is 144 Å². The number of aromatic nitrogens is 2. The van der Waals surface area contributed by atoms with E-state index in [2.05, 4.69) is 15.3 Å². The lowest BCUT2D eigenvalue weighted by molar-refractivity contribution is -0.115. The molecule has 0 radical (unpaired) electrons. The zero-order valence-electron chi connectivity index (χ0n) is 13.6. The average molecular weight is 341 g/mol. The molecule has 2 aromatic carbocycles. The second-order valence-electron chi connectivity index (χ2n) is 5.24. The van der Waals surface area contributed by atoms with E-state index in [0.29, 0.717) is 18.0 Å². The maximum absolute atomic E-state index is 12.5. The summed E-state index contributed by atoms with van der Waals surface area (Å²) in [6.45, 7) is 4.32. The van der Waals surface area contributed by atoms with E-state index in [0.717, 1.165) is 16.2 Å². The summed E-state index contributed by atoms with van der Waals surface area (Å²) in [5.74, 6) is 0.585. The minimum absolute atomic E-state index is 0.0902. The van der Waals surface area contributed by atoms with Gasteiger partial charge in [-0.05, 0) is 38.1 Å². The van der Waals surface area contributed by atoms with Gasteiger partial charge in [-0.25, -0.2) is 4.98 Å². The number of H-pyrrole nitrogens is 1. The van der Waals surface area contributed by atoms with E-state index in [1.165, 1.54) is 11.8 Å². The fourth-order valence-corrected chi connectivity index (χ4v) is 3.11. The summed E-state index contributed by atoms with van der Waals surface area (Å²) in [6, 6.07) is 15.2. The maximum atomic E-state index is 12.5. The Bertz CT molecular complexity index is 814. The Morgan fingerprint density at radius 1 is 1.25 bits per heavy atom. The number of nitrogens with zero attached hydrogens (tertiary/aromatic N) is 1. The van der Waals surface area contributed by atoms with Crippen LogP contribution in [0.4, 0.5) is 5.69 Å². The number of carbonyl (C=O) groups excluding carboxylic acids is 1. The van der Waals surface area contributed by atoms with Gasteiger partial charge in [-0.15, -0.1) is 0 Å². The zero-order valence-corrected chi connectivity index (χ0v) is 14.4. The van der Waals surface area contributed by atoms with Gasteiger partial charge in [-0.1, -0.05) is 36.0 Å². The van der Waals surface area contributed by atoms with Gasteiger partial charge in [-0.2, -0.15) is 0 Å². The van der Waals surface area contributed by atoms with Crippen LogP contribution in [0.25, 0.3) is 11.0 Å². The van der Waals surface area contributed by atoms with Crippen LogP contribution >= 0.6 is 11.8 Å². The first kappa shape index (κ1) is 16.4. The fraction of sp³-hybridized carbons (Fsp3) is 0.222. The van der Waals surface area contributed by atoms with E-state index in [4.69, 9.17) is 4.74 Å². The Morgan fingerprint density at radius 2 is 2.00 bits per heavy atom. The van der Waals surface area contributed by atoms with Crippen LogP contribution in [0, 0.1) is 0 Å². The Kier molecular flexibility index (Phi) is 5.05. The number of rotatable bonds is 6. The number of carbonyl (C=O) groups is 1. The molecule has 5 nitrogen and oxygen atoms in total. The number of aromatic amines is 1. The van der Waals surface area contributed by atoms with Gasteiger partial charge >= 0.3 is 0 Å². The number of thioether (sulfide) groups is 1. The van der Waals surface area contributed by atoms with Crippen LogP contribution in [0.5, 0.6) is 5.75 Å². The van der Waals surface area contributed by atoms with E-state index in [1.807, 2.05) is 62.4 Å². The van der Waals surface area contributed by atoms with Crippen molar-refractivity contribution in [3.63, 3.8) is 0 Å². The number of para-hydroxylation sites is 4. The number of nitrogens with one attached hydrogen (secondary N) is 2. The number of hydrogen-bond acceptors (Lipinski definition) is 4. The predicted molar refractivity (Wildman–Crippen MR) is 97.7 cm³/mol. The summed E-state index contributed by atoms with van der Waals surface area (Å²) < 4.78 is 5.54. The van der Waals surface area contributed by atoms with Crippen LogP contribution in [0.2, 0.25) is 0 Å². The summed E-state index contributed by atoms with van der Waals surface area (Å²) in [5, 5.41) is 3.36. The Hall–Kier alpha value is -2.47. The number of hydrogen-bond donors (Lipinski definition) is 2. The van der Waals surface area contributed by atoms with Crippen LogP contribution in [-0.4, -0.2) is 27.7 Å². The van der Waals surface area contributed by atoms with Gasteiger partial charge in [0.25, 0.3) is 0 Å². The normalized spacial score (nSPS) is 12.1. The molecule has 1 amide bonds. The molecule has 0 spiro atoms. The van der Waals surface area contributed by atoms with E-state index >= 15 is 0 Å². The largest absolute Gasteiger partial charge is 0.492 e. The standard InChI is InChI=1S/C18H19N3O2S/c1-3-23-16-11-7-6-10-15(16)19-17(22)12(2)24-18-20-13-8-4-5-9-14(13)21-18/h4-12H,3H2,1-2H3,(H,19,22)(H,20,21)/t12-/m0/s1. The number of anilines is 1. The summed E-state index contributed by atoms with van der Waals surface area (Å²) in [5.41, 5.74) is 2.55. The lowest BCUT2D eigenvalue weighted by atomic mass is 10.3. The molecule has 0 saturated heterocycles. The molecule has 2 N–H and O–H groups in total. The molecule has 0 fully saturated rings. The van der Waals surface area contributed by atoms with Crippen LogP contribution in [0.1, 0.15) is 13.8 Å². The van der Waals surface area contributed by atoms with Crippen molar-refractivity contribution in [2.45, 2.75) is 24.3 Å². The second kappa shape index (κ2) is 7.40. The monoisotopic (exact) mass is 341 g/mol. The van der Waals surface area contributed by atoms with Gasteiger partial charge < -0.3 is 15.0 Å². The molecular weight excluding hydrogens is 322 g/mol. The van der Waals surface area contributed by atoms with E-state index in [9.17, 15) is 4.79 Å². The van der Waals surface area contributed by atoms with Crippen molar-refractivity contribution >= 4 is 34.4 Å². The molecule has 124 valence electrons. The van der Waals surface area contributed by atoms with Gasteiger partial charge in [0, 0.05) is 0 Å². The molecule has 0 saturated carbocycles. The highest BCUT2D eigenvalue weighted by atomic mass is 32.2. The molecule has 24 heavy (non-hydrogen) atoms. The van der Waals surface area contributed by atoms with Crippen molar-refractivity contribution in [2.75, 3.05) is 11.9 Å². The molecule has 1 atom stereocenters. The highest BCUT2D eigenvalue weighted by molar-refractivity contribution is 8.00. The summed E-state index contributed by atoms with van der Waals surface area (Å²) in [7, 11) is 0.